The molecule has 0 aromatic heterocycles. The van der Waals surface area contributed by atoms with Crippen LogP contribution in [0.2, 0.25) is 0 Å². The highest BCUT2D eigenvalue weighted by Gasteiger charge is 1.83. The highest BCUT2D eigenvalue weighted by Crippen LogP contribution is 1.80. The van der Waals surface area contributed by atoms with Gasteiger partial charge >= 0.3 is 5.97 Å². The summed E-state index contributed by atoms with van der Waals surface area (Å²) in [5.41, 5.74) is 0. The maximum Gasteiger partial charge on any atom is 0.303 e. The van der Waals surface area contributed by atoms with Crippen molar-refractivity contribution >= 4 is 34.4 Å². The second kappa shape index (κ2) is 8.72. The number of hydrogen-bond donors (Lipinski definition) is 1. The van der Waals surface area contributed by atoms with E-state index in [9.17, 15) is 9.59 Å². The standard InChI is InChI=1S/C3H6O2.C2H2Cl2O/c1-2-3(4)5;3-1-2(4)5/h2H2,1H3,(H,4,5);1H2. The fourth-order valence-electron chi connectivity index (χ4n) is 0. The minimum atomic E-state index is -0.745. The summed E-state index contributed by atoms with van der Waals surface area (Å²) in [5, 5.41) is 7.21. The Bertz CT molecular complexity index is 99.5. The van der Waals surface area contributed by atoms with Gasteiger partial charge in [-0.2, -0.15) is 0 Å². The molecular formula is C5H8Cl2O3. The summed E-state index contributed by atoms with van der Waals surface area (Å²) in [5.74, 6) is -0.841. The van der Waals surface area contributed by atoms with Crippen molar-refractivity contribution in [3.8, 4) is 0 Å². The summed E-state index contributed by atoms with van der Waals surface area (Å²) in [6.07, 6.45) is 0.222. The highest BCUT2D eigenvalue weighted by molar-refractivity contribution is 6.67. The third-order valence-corrected chi connectivity index (χ3v) is 0.921. The van der Waals surface area contributed by atoms with Crippen molar-refractivity contribution < 1.29 is 14.7 Å². The molecule has 0 fully saturated rings. The first kappa shape index (κ1) is 12.4. The molecule has 0 saturated carbocycles. The van der Waals surface area contributed by atoms with Crippen molar-refractivity contribution in [3.05, 3.63) is 0 Å². The van der Waals surface area contributed by atoms with Crippen molar-refractivity contribution in [2.75, 3.05) is 5.88 Å². The molecule has 0 aliphatic carbocycles. The fraction of sp³-hybridized carbons (Fsp3) is 0.600. The van der Waals surface area contributed by atoms with Crippen molar-refractivity contribution in [1.29, 1.82) is 0 Å². The van der Waals surface area contributed by atoms with Crippen LogP contribution in [0.25, 0.3) is 0 Å². The normalized spacial score (nSPS) is 7.50. The number of carboxylic acid groups (broad SMARTS) is 1. The van der Waals surface area contributed by atoms with Gasteiger partial charge in [0.15, 0.2) is 0 Å². The average Bonchev–Trinajstić information content (AvgIpc) is 1.89. The summed E-state index contributed by atoms with van der Waals surface area (Å²) in [6, 6.07) is 0. The molecular weight excluding hydrogens is 179 g/mol. The maximum absolute atomic E-state index is 9.45. The van der Waals surface area contributed by atoms with Crippen LogP contribution >= 0.6 is 23.2 Å². The Labute approximate surface area is 68.9 Å². The second-order valence-electron chi connectivity index (χ2n) is 1.24. The van der Waals surface area contributed by atoms with Crippen LogP contribution in [0.15, 0.2) is 0 Å². The van der Waals surface area contributed by atoms with Crippen LogP contribution in [-0.4, -0.2) is 22.2 Å². The van der Waals surface area contributed by atoms with Gasteiger partial charge in [-0.15, -0.1) is 11.6 Å². The number of alkyl halides is 1. The number of carbonyl (C=O) groups excluding carboxylic acids is 1. The molecule has 0 unspecified atom stereocenters. The molecule has 3 nitrogen and oxygen atoms in total. The van der Waals surface area contributed by atoms with E-state index in [1.807, 2.05) is 0 Å². The Hall–Kier alpha value is -0.280. The first-order valence-electron chi connectivity index (χ1n) is 2.50. The molecule has 0 heterocycles. The lowest BCUT2D eigenvalue weighted by Gasteiger charge is -1.71. The Morgan fingerprint density at radius 1 is 1.50 bits per heavy atom. The number of carboxylic acids is 1. The molecule has 60 valence electrons. The lowest BCUT2D eigenvalue weighted by atomic mass is 10.5. The zero-order valence-electron chi connectivity index (χ0n) is 5.43. The average molecular weight is 187 g/mol. The molecule has 0 aliphatic heterocycles. The quantitative estimate of drug-likeness (QED) is 0.526. The number of carbonyl (C=O) groups is 2. The molecule has 5 heteroatoms. The van der Waals surface area contributed by atoms with E-state index in [-0.39, 0.29) is 12.3 Å². The molecule has 0 aromatic carbocycles. The zero-order chi connectivity index (χ0) is 8.57. The number of aliphatic carboxylic acids is 1. The molecule has 0 radical (unpaired) electrons. The van der Waals surface area contributed by atoms with Crippen LogP contribution in [0.5, 0.6) is 0 Å². The molecule has 0 saturated heterocycles. The number of hydrogen-bond acceptors (Lipinski definition) is 2. The van der Waals surface area contributed by atoms with Gasteiger partial charge in [-0.3, -0.25) is 9.59 Å². The maximum atomic E-state index is 9.45. The largest absolute Gasteiger partial charge is 0.481 e. The topological polar surface area (TPSA) is 54.4 Å². The van der Waals surface area contributed by atoms with E-state index in [1.165, 1.54) is 0 Å². The Morgan fingerprint density at radius 2 is 1.70 bits per heavy atom. The van der Waals surface area contributed by atoms with Crippen LogP contribution in [-0.2, 0) is 9.59 Å². The SMILES string of the molecule is CCC(=O)O.O=C(Cl)CCl. The summed E-state index contributed by atoms with van der Waals surface area (Å²) in [6.45, 7) is 1.60. The smallest absolute Gasteiger partial charge is 0.303 e. The Balaban J connectivity index is 0. The van der Waals surface area contributed by atoms with Gasteiger partial charge in [0, 0.05) is 6.42 Å². The van der Waals surface area contributed by atoms with E-state index < -0.39 is 11.2 Å². The zero-order valence-corrected chi connectivity index (χ0v) is 6.95. The molecule has 0 rings (SSSR count). The second-order valence-corrected chi connectivity index (χ2v) is 1.92. The van der Waals surface area contributed by atoms with E-state index in [2.05, 4.69) is 0 Å². The van der Waals surface area contributed by atoms with Gasteiger partial charge in [-0.1, -0.05) is 6.92 Å². The molecule has 0 aliphatic rings. The van der Waals surface area contributed by atoms with Gasteiger partial charge in [0.05, 0.1) is 5.88 Å². The lowest BCUT2D eigenvalue weighted by molar-refractivity contribution is -0.136. The summed E-state index contributed by atoms with van der Waals surface area (Å²) >= 11 is 9.55. The molecule has 10 heavy (non-hydrogen) atoms. The van der Waals surface area contributed by atoms with Crippen LogP contribution < -0.4 is 0 Å². The summed E-state index contributed by atoms with van der Waals surface area (Å²) in [7, 11) is 0. The van der Waals surface area contributed by atoms with Crippen LogP contribution in [0, 0.1) is 0 Å². The first-order valence-corrected chi connectivity index (χ1v) is 3.41. The third-order valence-electron chi connectivity index (χ3n) is 0.408. The predicted molar refractivity (Wildman–Crippen MR) is 39.5 cm³/mol. The minimum absolute atomic E-state index is 0.0957. The molecule has 0 atom stereocenters. The van der Waals surface area contributed by atoms with Gasteiger partial charge in [-0.05, 0) is 11.6 Å². The summed E-state index contributed by atoms with van der Waals surface area (Å²) in [4.78, 5) is 18.8. The van der Waals surface area contributed by atoms with Gasteiger partial charge in [0.1, 0.15) is 0 Å². The van der Waals surface area contributed by atoms with Gasteiger partial charge < -0.3 is 5.11 Å². The van der Waals surface area contributed by atoms with Crippen LogP contribution in [0.3, 0.4) is 0 Å². The van der Waals surface area contributed by atoms with E-state index in [0.717, 1.165) is 0 Å². The molecule has 0 spiro atoms. The van der Waals surface area contributed by atoms with Crippen LogP contribution in [0.1, 0.15) is 13.3 Å². The van der Waals surface area contributed by atoms with Crippen LogP contribution in [0.4, 0.5) is 0 Å². The lowest BCUT2D eigenvalue weighted by Crippen LogP contribution is -1.86. The van der Waals surface area contributed by atoms with Gasteiger partial charge in [0.25, 0.3) is 0 Å². The monoisotopic (exact) mass is 186 g/mol. The van der Waals surface area contributed by atoms with E-state index in [4.69, 9.17) is 28.3 Å². The van der Waals surface area contributed by atoms with Gasteiger partial charge in [-0.25, -0.2) is 0 Å². The highest BCUT2D eigenvalue weighted by atomic mass is 35.5. The Morgan fingerprint density at radius 3 is 1.70 bits per heavy atom. The van der Waals surface area contributed by atoms with Crippen molar-refractivity contribution in [1.82, 2.24) is 0 Å². The molecule has 0 amide bonds. The first-order chi connectivity index (χ1) is 4.54. The molecule has 0 aromatic rings. The third kappa shape index (κ3) is 25.2. The van der Waals surface area contributed by atoms with E-state index in [0.29, 0.717) is 0 Å². The Kier molecular flexibility index (Phi) is 10.8. The summed E-state index contributed by atoms with van der Waals surface area (Å²) < 4.78 is 0. The molecule has 0 bridgehead atoms. The van der Waals surface area contributed by atoms with Crippen molar-refractivity contribution in [3.63, 3.8) is 0 Å². The van der Waals surface area contributed by atoms with Gasteiger partial charge in [0.2, 0.25) is 5.24 Å². The number of halogens is 2. The van der Waals surface area contributed by atoms with Crippen molar-refractivity contribution in [2.24, 2.45) is 0 Å². The van der Waals surface area contributed by atoms with E-state index in [1.54, 1.807) is 6.92 Å². The van der Waals surface area contributed by atoms with Crippen molar-refractivity contribution in [2.45, 2.75) is 13.3 Å². The minimum Gasteiger partial charge on any atom is -0.481 e. The fourth-order valence-corrected chi connectivity index (χ4v) is 0. The molecule has 1 N–H and O–H groups in total. The predicted octanol–water partition coefficient (Wildman–Crippen LogP) is 1.47. The number of rotatable bonds is 2. The van der Waals surface area contributed by atoms with E-state index >= 15 is 0 Å².